The van der Waals surface area contributed by atoms with Crippen LogP contribution in [0, 0.1) is 23.5 Å². The number of benzene rings is 1. The minimum absolute atomic E-state index is 0.211. The molecule has 1 atom stereocenters. The van der Waals surface area contributed by atoms with Gasteiger partial charge in [0.25, 0.3) is 0 Å². The van der Waals surface area contributed by atoms with Crippen LogP contribution in [-0.2, 0) is 14.3 Å². The molecule has 0 radical (unpaired) electrons. The van der Waals surface area contributed by atoms with E-state index in [0.717, 1.165) is 18.2 Å². The lowest BCUT2D eigenvalue weighted by molar-refractivity contribution is -0.147. The fourth-order valence-electron chi connectivity index (χ4n) is 1.74. The van der Waals surface area contributed by atoms with Crippen LogP contribution in [0.15, 0.2) is 18.2 Å². The van der Waals surface area contributed by atoms with E-state index in [1.165, 1.54) is 6.92 Å². The lowest BCUT2D eigenvalue weighted by Gasteiger charge is -2.14. The van der Waals surface area contributed by atoms with Crippen molar-refractivity contribution in [1.82, 2.24) is 5.32 Å². The third kappa shape index (κ3) is 6.35. The SMILES string of the molecule is CCOC(=O)[C@H](CCC#Cc1cc(F)cc(F)c1)NC(C)=O. The zero-order chi connectivity index (χ0) is 16.5. The van der Waals surface area contributed by atoms with E-state index in [9.17, 15) is 18.4 Å². The molecule has 0 bridgehead atoms. The highest BCUT2D eigenvalue weighted by molar-refractivity contribution is 5.83. The maximum absolute atomic E-state index is 13.0. The molecule has 6 heteroatoms. The van der Waals surface area contributed by atoms with Crippen LogP contribution in [0.2, 0.25) is 0 Å². The highest BCUT2D eigenvalue weighted by Crippen LogP contribution is 2.07. The molecule has 0 unspecified atom stereocenters. The van der Waals surface area contributed by atoms with Crippen LogP contribution in [0.1, 0.15) is 32.3 Å². The van der Waals surface area contributed by atoms with Gasteiger partial charge in [-0.3, -0.25) is 4.79 Å². The Bertz CT molecular complexity index is 585. The molecule has 1 amide bonds. The third-order valence-electron chi connectivity index (χ3n) is 2.60. The van der Waals surface area contributed by atoms with E-state index in [1.807, 2.05) is 0 Å². The second-order valence-corrected chi connectivity index (χ2v) is 4.50. The molecule has 1 aromatic carbocycles. The largest absolute Gasteiger partial charge is 0.464 e. The monoisotopic (exact) mass is 309 g/mol. The Morgan fingerprint density at radius 1 is 1.27 bits per heavy atom. The van der Waals surface area contributed by atoms with E-state index in [-0.39, 0.29) is 30.9 Å². The first-order valence-electron chi connectivity index (χ1n) is 6.81. The molecule has 0 heterocycles. The topological polar surface area (TPSA) is 55.4 Å². The summed E-state index contributed by atoms with van der Waals surface area (Å²) in [5.74, 6) is 3.04. The number of hydrogen-bond acceptors (Lipinski definition) is 3. The summed E-state index contributed by atoms with van der Waals surface area (Å²) in [6.07, 6.45) is 0.519. The first kappa shape index (κ1) is 17.6. The summed E-state index contributed by atoms with van der Waals surface area (Å²) in [7, 11) is 0. The summed E-state index contributed by atoms with van der Waals surface area (Å²) in [4.78, 5) is 22.7. The smallest absolute Gasteiger partial charge is 0.328 e. The Kier molecular flexibility index (Phi) is 7.03. The number of halogens is 2. The van der Waals surface area contributed by atoms with Crippen LogP contribution in [0.4, 0.5) is 8.78 Å². The summed E-state index contributed by atoms with van der Waals surface area (Å²) in [6.45, 7) is 3.18. The van der Waals surface area contributed by atoms with Gasteiger partial charge in [-0.1, -0.05) is 11.8 Å². The van der Waals surface area contributed by atoms with Gasteiger partial charge in [-0.25, -0.2) is 13.6 Å². The Hall–Kier alpha value is -2.42. The molecule has 0 aromatic heterocycles. The van der Waals surface area contributed by atoms with Crippen molar-refractivity contribution >= 4 is 11.9 Å². The van der Waals surface area contributed by atoms with Crippen molar-refractivity contribution in [3.63, 3.8) is 0 Å². The molecule has 1 N–H and O–H groups in total. The van der Waals surface area contributed by atoms with E-state index in [4.69, 9.17) is 4.74 Å². The Morgan fingerprint density at radius 3 is 2.45 bits per heavy atom. The first-order valence-corrected chi connectivity index (χ1v) is 6.81. The molecule has 4 nitrogen and oxygen atoms in total. The van der Waals surface area contributed by atoms with Crippen LogP contribution >= 0.6 is 0 Å². The number of carbonyl (C=O) groups is 2. The molecule has 22 heavy (non-hydrogen) atoms. The van der Waals surface area contributed by atoms with Crippen molar-refractivity contribution < 1.29 is 23.1 Å². The van der Waals surface area contributed by atoms with Gasteiger partial charge in [0.1, 0.15) is 17.7 Å². The average Bonchev–Trinajstić information content (AvgIpc) is 2.41. The van der Waals surface area contributed by atoms with E-state index < -0.39 is 23.6 Å². The van der Waals surface area contributed by atoms with E-state index in [2.05, 4.69) is 17.2 Å². The number of nitrogens with one attached hydrogen (secondary N) is 1. The van der Waals surface area contributed by atoms with Gasteiger partial charge in [0.05, 0.1) is 6.61 Å². The maximum Gasteiger partial charge on any atom is 0.328 e. The predicted octanol–water partition coefficient (Wildman–Crippen LogP) is 2.16. The first-order chi connectivity index (χ1) is 10.4. The van der Waals surface area contributed by atoms with E-state index >= 15 is 0 Å². The maximum atomic E-state index is 13.0. The number of carbonyl (C=O) groups excluding carboxylic acids is 2. The Labute approximate surface area is 127 Å². The second kappa shape index (κ2) is 8.78. The number of esters is 1. The minimum Gasteiger partial charge on any atom is -0.464 e. The van der Waals surface area contributed by atoms with Crippen molar-refractivity contribution in [2.45, 2.75) is 32.7 Å². The number of amides is 1. The number of hydrogen-bond donors (Lipinski definition) is 1. The van der Waals surface area contributed by atoms with Gasteiger partial charge >= 0.3 is 5.97 Å². The molecular weight excluding hydrogens is 292 g/mol. The van der Waals surface area contributed by atoms with Crippen molar-refractivity contribution in [3.05, 3.63) is 35.4 Å². The quantitative estimate of drug-likeness (QED) is 0.670. The molecule has 0 aliphatic rings. The van der Waals surface area contributed by atoms with Gasteiger partial charge < -0.3 is 10.1 Å². The Morgan fingerprint density at radius 2 is 1.91 bits per heavy atom. The van der Waals surface area contributed by atoms with Gasteiger partial charge in [0.2, 0.25) is 5.91 Å². The van der Waals surface area contributed by atoms with Crippen molar-refractivity contribution in [1.29, 1.82) is 0 Å². The van der Waals surface area contributed by atoms with Crippen LogP contribution in [0.25, 0.3) is 0 Å². The highest BCUT2D eigenvalue weighted by atomic mass is 19.1. The molecule has 0 aliphatic carbocycles. The lowest BCUT2D eigenvalue weighted by Crippen LogP contribution is -2.40. The molecule has 1 aromatic rings. The van der Waals surface area contributed by atoms with Gasteiger partial charge in [-0.2, -0.15) is 0 Å². The van der Waals surface area contributed by atoms with Crippen LogP contribution in [0.5, 0.6) is 0 Å². The lowest BCUT2D eigenvalue weighted by atomic mass is 10.1. The van der Waals surface area contributed by atoms with E-state index in [1.54, 1.807) is 6.92 Å². The fourth-order valence-corrected chi connectivity index (χ4v) is 1.74. The molecular formula is C16H17F2NO3. The molecule has 118 valence electrons. The fraction of sp³-hybridized carbons (Fsp3) is 0.375. The molecule has 1 rings (SSSR count). The van der Waals surface area contributed by atoms with Gasteiger partial charge in [0, 0.05) is 25.0 Å². The summed E-state index contributed by atoms with van der Waals surface area (Å²) in [5, 5.41) is 2.48. The van der Waals surface area contributed by atoms with Crippen LogP contribution in [-0.4, -0.2) is 24.5 Å². The van der Waals surface area contributed by atoms with Gasteiger partial charge in [0.15, 0.2) is 0 Å². The standard InChI is InChI=1S/C16H17F2NO3/c1-3-22-16(21)15(19-11(2)20)7-5-4-6-12-8-13(17)10-14(18)9-12/h8-10,15H,3,5,7H2,1-2H3,(H,19,20)/t15-/m0/s1. The number of rotatable bonds is 5. The Balaban J connectivity index is 2.64. The highest BCUT2D eigenvalue weighted by Gasteiger charge is 2.19. The summed E-state index contributed by atoms with van der Waals surface area (Å²) < 4.78 is 30.8. The normalized spacial score (nSPS) is 11.1. The van der Waals surface area contributed by atoms with Gasteiger partial charge in [-0.05, 0) is 25.5 Å². The van der Waals surface area contributed by atoms with Crippen LogP contribution in [0.3, 0.4) is 0 Å². The number of ether oxygens (including phenoxy) is 1. The van der Waals surface area contributed by atoms with Crippen molar-refractivity contribution in [3.8, 4) is 11.8 Å². The third-order valence-corrected chi connectivity index (χ3v) is 2.60. The van der Waals surface area contributed by atoms with Crippen LogP contribution < -0.4 is 5.32 Å². The summed E-state index contributed by atoms with van der Waals surface area (Å²) in [6, 6.07) is 2.22. The molecule has 0 fully saturated rings. The van der Waals surface area contributed by atoms with Gasteiger partial charge in [-0.15, -0.1) is 0 Å². The van der Waals surface area contributed by atoms with Crippen molar-refractivity contribution in [2.24, 2.45) is 0 Å². The van der Waals surface area contributed by atoms with E-state index in [0.29, 0.717) is 0 Å². The molecule has 0 spiro atoms. The summed E-state index contributed by atoms with van der Waals surface area (Å²) >= 11 is 0. The zero-order valence-corrected chi connectivity index (χ0v) is 12.4. The molecule has 0 aliphatic heterocycles. The zero-order valence-electron chi connectivity index (χ0n) is 12.4. The molecule has 0 saturated heterocycles. The average molecular weight is 309 g/mol. The summed E-state index contributed by atoms with van der Waals surface area (Å²) in [5.41, 5.74) is 0.213. The second-order valence-electron chi connectivity index (χ2n) is 4.50. The molecule has 0 saturated carbocycles. The minimum atomic E-state index is -0.781. The van der Waals surface area contributed by atoms with Crippen molar-refractivity contribution in [2.75, 3.05) is 6.61 Å². The predicted molar refractivity (Wildman–Crippen MR) is 76.7 cm³/mol.